The number of ether oxygens (including phenoxy) is 1. The summed E-state index contributed by atoms with van der Waals surface area (Å²) in [7, 11) is 0. The van der Waals surface area contributed by atoms with Crippen molar-refractivity contribution in [2.45, 2.75) is 32.8 Å². The fourth-order valence-electron chi connectivity index (χ4n) is 3.35. The van der Waals surface area contributed by atoms with Gasteiger partial charge in [0.15, 0.2) is 5.13 Å². The van der Waals surface area contributed by atoms with Crippen LogP contribution < -0.4 is 4.90 Å². The van der Waals surface area contributed by atoms with Gasteiger partial charge in [0.2, 0.25) is 0 Å². The van der Waals surface area contributed by atoms with Crippen molar-refractivity contribution in [2.75, 3.05) is 18.1 Å². The van der Waals surface area contributed by atoms with Crippen LogP contribution >= 0.6 is 22.9 Å². The Labute approximate surface area is 167 Å². The minimum atomic E-state index is -0.135. The van der Waals surface area contributed by atoms with Gasteiger partial charge in [0.1, 0.15) is 0 Å². The second kappa shape index (κ2) is 7.58. The van der Waals surface area contributed by atoms with E-state index in [-0.39, 0.29) is 12.0 Å². The van der Waals surface area contributed by atoms with Crippen LogP contribution in [0.5, 0.6) is 0 Å². The second-order valence-electron chi connectivity index (χ2n) is 6.88. The van der Waals surface area contributed by atoms with Gasteiger partial charge in [0.05, 0.1) is 33.5 Å². The summed E-state index contributed by atoms with van der Waals surface area (Å²) < 4.78 is 6.87. The van der Waals surface area contributed by atoms with Gasteiger partial charge < -0.3 is 4.74 Å². The van der Waals surface area contributed by atoms with Crippen molar-refractivity contribution >= 4 is 44.2 Å². The van der Waals surface area contributed by atoms with E-state index in [1.165, 1.54) is 16.9 Å². The fourth-order valence-corrected chi connectivity index (χ4v) is 4.60. The molecule has 2 aromatic carbocycles. The highest BCUT2D eigenvalue weighted by atomic mass is 35.5. The van der Waals surface area contributed by atoms with Crippen LogP contribution in [0.3, 0.4) is 0 Å². The third kappa shape index (κ3) is 3.59. The molecule has 1 aliphatic heterocycles. The maximum atomic E-state index is 13.3. The number of carbonyl (C=O) groups is 1. The van der Waals surface area contributed by atoms with Crippen LogP contribution in [0, 0.1) is 13.8 Å². The summed E-state index contributed by atoms with van der Waals surface area (Å²) in [4.78, 5) is 19.9. The quantitative estimate of drug-likeness (QED) is 0.589. The van der Waals surface area contributed by atoms with E-state index in [4.69, 9.17) is 21.3 Å². The first kappa shape index (κ1) is 18.4. The van der Waals surface area contributed by atoms with Crippen molar-refractivity contribution in [3.05, 3.63) is 58.1 Å². The van der Waals surface area contributed by atoms with Crippen molar-refractivity contribution in [3.8, 4) is 0 Å². The molecule has 3 aromatic rings. The molecule has 4 nitrogen and oxygen atoms in total. The molecule has 1 fully saturated rings. The van der Waals surface area contributed by atoms with Crippen molar-refractivity contribution in [3.63, 3.8) is 0 Å². The van der Waals surface area contributed by atoms with Crippen molar-refractivity contribution in [1.29, 1.82) is 0 Å². The molecule has 0 aliphatic carbocycles. The number of hydrogen-bond acceptors (Lipinski definition) is 4. The van der Waals surface area contributed by atoms with Gasteiger partial charge in [0.25, 0.3) is 5.91 Å². The minimum Gasteiger partial charge on any atom is -0.376 e. The first-order chi connectivity index (χ1) is 13.0. The molecule has 6 heteroatoms. The summed E-state index contributed by atoms with van der Waals surface area (Å²) in [6, 6.07) is 11.3. The van der Waals surface area contributed by atoms with E-state index in [9.17, 15) is 4.79 Å². The molecule has 140 valence electrons. The molecule has 0 saturated carbocycles. The molecule has 1 atom stereocenters. The number of fused-ring (bicyclic) bond motifs is 1. The van der Waals surface area contributed by atoms with Crippen LogP contribution in [0.4, 0.5) is 5.13 Å². The summed E-state index contributed by atoms with van der Waals surface area (Å²) in [6.45, 7) is 5.38. The third-order valence-electron chi connectivity index (χ3n) is 5.06. The topological polar surface area (TPSA) is 42.4 Å². The molecule has 1 aromatic heterocycles. The Hall–Kier alpha value is -1.95. The van der Waals surface area contributed by atoms with Gasteiger partial charge >= 0.3 is 0 Å². The summed E-state index contributed by atoms with van der Waals surface area (Å²) in [6.07, 6.45) is 2.01. The zero-order chi connectivity index (χ0) is 19.0. The summed E-state index contributed by atoms with van der Waals surface area (Å²) in [5, 5.41) is 1.15. The van der Waals surface area contributed by atoms with Gasteiger partial charge in [-0.3, -0.25) is 9.69 Å². The molecule has 0 N–H and O–H groups in total. The van der Waals surface area contributed by atoms with Crippen LogP contribution in [0.15, 0.2) is 36.4 Å². The van der Waals surface area contributed by atoms with E-state index < -0.39 is 0 Å². The average molecular weight is 401 g/mol. The largest absolute Gasteiger partial charge is 0.376 e. The summed E-state index contributed by atoms with van der Waals surface area (Å²) in [5.41, 5.74) is 3.79. The molecule has 1 unspecified atom stereocenters. The molecule has 1 aliphatic rings. The van der Waals surface area contributed by atoms with E-state index in [0.717, 1.165) is 35.2 Å². The van der Waals surface area contributed by atoms with Crippen molar-refractivity contribution in [2.24, 2.45) is 0 Å². The molecule has 1 saturated heterocycles. The Kier molecular flexibility index (Phi) is 5.17. The average Bonchev–Trinajstić information content (AvgIpc) is 3.32. The van der Waals surface area contributed by atoms with Gasteiger partial charge in [-0.2, -0.15) is 0 Å². The van der Waals surface area contributed by atoms with E-state index >= 15 is 0 Å². The Morgan fingerprint density at radius 2 is 2.11 bits per heavy atom. The molecule has 4 rings (SSSR count). The third-order valence-corrected chi connectivity index (χ3v) is 6.44. The number of halogens is 1. The molecule has 1 amide bonds. The number of anilines is 1. The lowest BCUT2D eigenvalue weighted by atomic mass is 10.1. The minimum absolute atomic E-state index is 0.0336. The SMILES string of the molecule is Cc1ccc2sc(N(CC3CCCO3)C(=O)c3ccccc3Cl)nc2c1C. The Bertz CT molecular complexity index is 995. The lowest BCUT2D eigenvalue weighted by molar-refractivity contribution is 0.0917. The van der Waals surface area contributed by atoms with Crippen LogP contribution in [0.1, 0.15) is 34.3 Å². The van der Waals surface area contributed by atoms with Gasteiger partial charge in [0, 0.05) is 6.61 Å². The van der Waals surface area contributed by atoms with E-state index in [0.29, 0.717) is 22.3 Å². The highest BCUT2D eigenvalue weighted by Crippen LogP contribution is 2.34. The van der Waals surface area contributed by atoms with Crippen LogP contribution in [-0.2, 0) is 4.74 Å². The number of aryl methyl sites for hydroxylation is 2. The standard InChI is InChI=1S/C21H21ClN2O2S/c1-13-9-10-18-19(14(13)2)23-21(27-18)24(12-15-6-5-11-26-15)20(25)16-7-3-4-8-17(16)22/h3-4,7-10,15H,5-6,11-12H2,1-2H3. The van der Waals surface area contributed by atoms with E-state index in [1.807, 2.05) is 12.1 Å². The number of hydrogen-bond donors (Lipinski definition) is 0. The number of thiazole rings is 1. The number of benzene rings is 2. The first-order valence-electron chi connectivity index (χ1n) is 9.09. The maximum Gasteiger partial charge on any atom is 0.261 e. The number of nitrogens with zero attached hydrogens (tertiary/aromatic N) is 2. The lowest BCUT2D eigenvalue weighted by Crippen LogP contribution is -2.37. The molecular formula is C21H21ClN2O2S. The lowest BCUT2D eigenvalue weighted by Gasteiger charge is -2.23. The fraction of sp³-hybridized carbons (Fsp3) is 0.333. The molecule has 2 heterocycles. The molecule has 0 radical (unpaired) electrons. The Morgan fingerprint density at radius 3 is 2.85 bits per heavy atom. The monoisotopic (exact) mass is 400 g/mol. The Morgan fingerprint density at radius 1 is 1.30 bits per heavy atom. The van der Waals surface area contributed by atoms with Gasteiger partial charge in [-0.15, -0.1) is 0 Å². The van der Waals surface area contributed by atoms with Crippen molar-refractivity contribution in [1.82, 2.24) is 4.98 Å². The zero-order valence-corrected chi connectivity index (χ0v) is 16.9. The summed E-state index contributed by atoms with van der Waals surface area (Å²) >= 11 is 7.83. The predicted molar refractivity (Wildman–Crippen MR) is 111 cm³/mol. The number of aromatic nitrogens is 1. The predicted octanol–water partition coefficient (Wildman–Crippen LogP) is 5.39. The highest BCUT2D eigenvalue weighted by Gasteiger charge is 2.28. The molecule has 0 spiro atoms. The van der Waals surface area contributed by atoms with Gasteiger partial charge in [-0.25, -0.2) is 4.98 Å². The van der Waals surface area contributed by atoms with Crippen LogP contribution in [0.2, 0.25) is 5.02 Å². The molecule has 0 bridgehead atoms. The summed E-state index contributed by atoms with van der Waals surface area (Å²) in [5.74, 6) is -0.135. The number of carbonyl (C=O) groups excluding carboxylic acids is 1. The van der Waals surface area contributed by atoms with E-state index in [2.05, 4.69) is 26.0 Å². The van der Waals surface area contributed by atoms with Gasteiger partial charge in [-0.1, -0.05) is 41.1 Å². The highest BCUT2D eigenvalue weighted by molar-refractivity contribution is 7.22. The van der Waals surface area contributed by atoms with Gasteiger partial charge in [-0.05, 0) is 56.0 Å². The second-order valence-corrected chi connectivity index (χ2v) is 8.30. The first-order valence-corrected chi connectivity index (χ1v) is 10.3. The number of rotatable bonds is 4. The maximum absolute atomic E-state index is 13.3. The normalized spacial score (nSPS) is 16.8. The van der Waals surface area contributed by atoms with Crippen molar-refractivity contribution < 1.29 is 9.53 Å². The number of amides is 1. The Balaban J connectivity index is 1.76. The molecule has 27 heavy (non-hydrogen) atoms. The van der Waals surface area contributed by atoms with Crippen LogP contribution in [0.25, 0.3) is 10.2 Å². The van der Waals surface area contributed by atoms with E-state index in [1.54, 1.807) is 17.0 Å². The zero-order valence-electron chi connectivity index (χ0n) is 15.4. The molecular weight excluding hydrogens is 380 g/mol. The smallest absolute Gasteiger partial charge is 0.261 e. The van der Waals surface area contributed by atoms with Crippen LogP contribution in [-0.4, -0.2) is 30.1 Å².